The summed E-state index contributed by atoms with van der Waals surface area (Å²) in [5, 5.41) is 6.14. The maximum Gasteiger partial charge on any atom is 0.0392 e. The summed E-state index contributed by atoms with van der Waals surface area (Å²) in [6.45, 7) is 3.13. The monoisotopic (exact) mass is 65.0 g/mol. The van der Waals surface area contributed by atoms with E-state index >= 15 is 0 Å². The average molecular weight is 65.1 g/mol. The number of nitrogens with one attached hydrogen (secondary N) is 1. The maximum absolute atomic E-state index is 6.14. The Kier molecular flexibility index (Phi) is 2.41. The second kappa shape index (κ2) is 3.01. The van der Waals surface area contributed by atoms with Gasteiger partial charge in [0.05, 0.1) is 0 Å². The van der Waals surface area contributed by atoms with Crippen LogP contribution in [0.1, 0.15) is 0 Å². The van der Waals surface area contributed by atoms with Gasteiger partial charge in [0.25, 0.3) is 0 Å². The van der Waals surface area contributed by atoms with Crippen LogP contribution in [-0.2, 0) is 0 Å². The maximum atomic E-state index is 6.14. The minimum atomic E-state index is 1.84. The molecule has 0 aromatic carbocycles. The zero-order valence-electron chi connectivity index (χ0n) is 2.71. The van der Waals surface area contributed by atoms with E-state index in [0.717, 1.165) is 0 Å². The van der Waals surface area contributed by atoms with Crippen LogP contribution in [0.15, 0.2) is 18.0 Å². The van der Waals surface area contributed by atoms with Crippen molar-refractivity contribution in [1.82, 2.24) is 0 Å². The van der Waals surface area contributed by atoms with Gasteiger partial charge in [-0.2, -0.15) is 0 Å². The Morgan fingerprint density at radius 2 is 2.20 bits per heavy atom. The van der Waals surface area contributed by atoms with Gasteiger partial charge in [0.15, 0.2) is 0 Å². The molecule has 1 nitrogen and oxygen atoms in total. The fraction of sp³-hybridized carbons (Fsp3) is 0. The minimum absolute atomic E-state index is 1.84. The zero-order chi connectivity index (χ0) is 4.12. The van der Waals surface area contributed by atoms with Crippen molar-refractivity contribution in [2.24, 2.45) is 0 Å². The first-order chi connectivity index (χ1) is 2.41. The van der Waals surface area contributed by atoms with Crippen LogP contribution in [0.3, 0.4) is 0 Å². The molecule has 0 fully saturated rings. The van der Waals surface area contributed by atoms with Crippen LogP contribution in [0.4, 0.5) is 0 Å². The fourth-order valence-electron chi connectivity index (χ4n) is 0.0442. The minimum Gasteiger partial charge on any atom is -0.251 e. The first-order valence-corrected chi connectivity index (χ1v) is 1.10. The number of rotatable bonds is 0. The Balaban J connectivity index is 4.38. The molecular weight excluding hydrogens is 62.1 g/mol. The average Bonchev–Trinajstić information content (AvgIpc) is 1.41. The van der Waals surface area contributed by atoms with E-state index in [-0.39, 0.29) is 0 Å². The molecule has 0 atom stereocenters. The molecule has 0 aliphatic rings. The van der Waals surface area contributed by atoms with Crippen molar-refractivity contribution in [2.45, 2.75) is 0 Å². The Hall–Kier alpha value is -0.990. The van der Waals surface area contributed by atoms with Gasteiger partial charge in [-0.3, -0.25) is 5.41 Å². The summed E-state index contributed by atoms with van der Waals surface area (Å²) in [7, 11) is 0. The van der Waals surface area contributed by atoms with Gasteiger partial charge in [-0.05, 0) is 6.58 Å². The molecule has 24 valence electrons. The second-order valence-electron chi connectivity index (χ2n) is 0.427. The van der Waals surface area contributed by atoms with E-state index in [1.165, 1.54) is 0 Å². The molecule has 0 spiro atoms. The molecule has 0 amide bonds. The van der Waals surface area contributed by atoms with Crippen LogP contribution in [0.25, 0.3) is 0 Å². The molecule has 0 heterocycles. The van der Waals surface area contributed by atoms with E-state index in [1.807, 2.05) is 5.87 Å². The van der Waals surface area contributed by atoms with Gasteiger partial charge in [-0.15, -0.1) is 0 Å². The van der Waals surface area contributed by atoms with Gasteiger partial charge in [0, 0.05) is 11.6 Å². The Bertz CT molecular complexity index is 95.6. The van der Waals surface area contributed by atoms with Crippen LogP contribution in [0, 0.1) is 5.41 Å². The molecule has 1 heteroatoms. The molecule has 0 aromatic rings. The molecule has 0 aliphatic carbocycles. The van der Waals surface area contributed by atoms with Gasteiger partial charge in [-0.25, -0.2) is 0 Å². The highest BCUT2D eigenvalue weighted by molar-refractivity contribution is 5.45. The topological polar surface area (TPSA) is 23.9 Å². The van der Waals surface area contributed by atoms with Gasteiger partial charge >= 0.3 is 0 Å². The molecule has 0 saturated carbocycles. The number of hydrogen-bond acceptors (Lipinski definition) is 1. The van der Waals surface area contributed by atoms with E-state index in [4.69, 9.17) is 5.41 Å². The van der Waals surface area contributed by atoms with Crippen molar-refractivity contribution < 1.29 is 0 Å². The largest absolute Gasteiger partial charge is 0.251 e. The molecule has 1 N–H and O–H groups in total. The molecule has 0 bridgehead atoms. The van der Waals surface area contributed by atoms with E-state index in [9.17, 15) is 0 Å². The normalized spacial score (nSPS) is 3.20. The summed E-state index contributed by atoms with van der Waals surface area (Å²) >= 11 is 0. The molecule has 0 aromatic heterocycles. The Labute approximate surface area is 30.5 Å². The highest BCUT2D eigenvalue weighted by Gasteiger charge is 1.20. The summed E-state index contributed by atoms with van der Waals surface area (Å²) < 4.78 is 0. The summed E-state index contributed by atoms with van der Waals surface area (Å²) in [5.74, 6) is 1.84. The van der Waals surface area contributed by atoms with Gasteiger partial charge in [0.1, 0.15) is 0 Å². The predicted octanol–water partition coefficient (Wildman–Crippen LogP) is 0.731. The third-order valence-electron chi connectivity index (χ3n) is 0.151. The van der Waals surface area contributed by atoms with Gasteiger partial charge in [-0.1, -0.05) is 5.73 Å². The van der Waals surface area contributed by atoms with Gasteiger partial charge < -0.3 is 0 Å². The van der Waals surface area contributed by atoms with Crippen LogP contribution >= 0.6 is 0 Å². The van der Waals surface area contributed by atoms with Crippen LogP contribution in [-0.4, -0.2) is 5.87 Å². The third kappa shape index (κ3) is 3.01. The van der Waals surface area contributed by atoms with Crippen LogP contribution < -0.4 is 0 Å². The first-order valence-electron chi connectivity index (χ1n) is 1.10. The SMILES string of the molecule is C=C=C=C=N. The van der Waals surface area contributed by atoms with Crippen LogP contribution in [0.2, 0.25) is 0 Å². The molecule has 0 radical (unpaired) electrons. The molecular formula is C4H3N. The summed E-state index contributed by atoms with van der Waals surface area (Å²) in [5.41, 5.74) is 4.39. The van der Waals surface area contributed by atoms with Crippen molar-refractivity contribution in [3.8, 4) is 0 Å². The summed E-state index contributed by atoms with van der Waals surface area (Å²) in [6, 6.07) is 0. The molecule has 0 aliphatic heterocycles. The number of hydrogen-bond donors (Lipinski definition) is 1. The van der Waals surface area contributed by atoms with Gasteiger partial charge in [0.2, 0.25) is 0 Å². The summed E-state index contributed by atoms with van der Waals surface area (Å²) in [4.78, 5) is 0. The van der Waals surface area contributed by atoms with E-state index in [1.54, 1.807) is 0 Å². The molecule has 0 rings (SSSR count). The van der Waals surface area contributed by atoms with Crippen molar-refractivity contribution in [1.29, 1.82) is 5.41 Å². The quantitative estimate of drug-likeness (QED) is 0.318. The van der Waals surface area contributed by atoms with E-state index < -0.39 is 0 Å². The Morgan fingerprint density at radius 1 is 1.60 bits per heavy atom. The first kappa shape index (κ1) is 4.01. The molecule has 5 heavy (non-hydrogen) atoms. The zero-order valence-corrected chi connectivity index (χ0v) is 2.71. The molecule has 0 unspecified atom stereocenters. The van der Waals surface area contributed by atoms with E-state index in [0.29, 0.717) is 0 Å². The predicted molar refractivity (Wildman–Crippen MR) is 20.4 cm³/mol. The van der Waals surface area contributed by atoms with Crippen molar-refractivity contribution >= 4 is 5.87 Å². The highest BCUT2D eigenvalue weighted by atomic mass is 14.3. The van der Waals surface area contributed by atoms with Crippen LogP contribution in [0.5, 0.6) is 0 Å². The highest BCUT2D eigenvalue weighted by Crippen LogP contribution is 1.30. The van der Waals surface area contributed by atoms with Crippen molar-refractivity contribution in [3.63, 3.8) is 0 Å². The fourth-order valence-corrected chi connectivity index (χ4v) is 0.0442. The smallest absolute Gasteiger partial charge is 0.0392 e. The lowest BCUT2D eigenvalue weighted by molar-refractivity contribution is 1.60. The van der Waals surface area contributed by atoms with E-state index in [2.05, 4.69) is 18.0 Å². The lowest BCUT2D eigenvalue weighted by Gasteiger charge is -1.26. The lowest BCUT2D eigenvalue weighted by Crippen LogP contribution is -1.22. The molecule has 0 saturated heterocycles. The summed E-state index contributed by atoms with van der Waals surface area (Å²) in [6.07, 6.45) is 0. The van der Waals surface area contributed by atoms with Crippen molar-refractivity contribution in [3.05, 3.63) is 18.0 Å². The Morgan fingerprint density at radius 3 is 2.20 bits per heavy atom. The second-order valence-corrected chi connectivity index (χ2v) is 0.427. The van der Waals surface area contributed by atoms with Crippen molar-refractivity contribution in [2.75, 3.05) is 0 Å². The third-order valence-corrected chi connectivity index (χ3v) is 0.151. The lowest BCUT2D eigenvalue weighted by atomic mass is 10.8. The standard InChI is InChI=1S/C4H3N/c1-2-3-4-5/h5H,1H2.